The molecule has 1 aliphatic rings. The summed E-state index contributed by atoms with van der Waals surface area (Å²) in [7, 11) is 1.90. The van der Waals surface area contributed by atoms with Crippen LogP contribution in [0.25, 0.3) is 0 Å². The highest BCUT2D eigenvalue weighted by atomic mass is 15.3. The Morgan fingerprint density at radius 1 is 1.73 bits per heavy atom. The zero-order valence-corrected chi connectivity index (χ0v) is 6.36. The van der Waals surface area contributed by atoms with Gasteiger partial charge in [0.15, 0.2) is 0 Å². The van der Waals surface area contributed by atoms with Crippen molar-refractivity contribution in [1.29, 1.82) is 0 Å². The quantitative estimate of drug-likeness (QED) is 0.574. The molecule has 0 aliphatic carbocycles. The van der Waals surface area contributed by atoms with Crippen molar-refractivity contribution in [1.82, 2.24) is 20.1 Å². The first-order valence-electron chi connectivity index (χ1n) is 3.62. The molecule has 2 heterocycles. The van der Waals surface area contributed by atoms with Crippen LogP contribution in [0.2, 0.25) is 0 Å². The lowest BCUT2D eigenvalue weighted by molar-refractivity contribution is 0.607. The molecule has 4 heteroatoms. The highest BCUT2D eigenvalue weighted by Crippen LogP contribution is 2.12. The highest BCUT2D eigenvalue weighted by Gasteiger charge is 2.14. The average Bonchev–Trinajstić information content (AvgIpc) is 2.55. The molecular weight excluding hydrogens is 140 g/mol. The maximum Gasteiger partial charge on any atom is 0.147 e. The van der Waals surface area contributed by atoms with Gasteiger partial charge in [0.1, 0.15) is 12.2 Å². The van der Waals surface area contributed by atoms with E-state index in [1.165, 1.54) is 0 Å². The normalized spacial score (nSPS) is 22.8. The summed E-state index contributed by atoms with van der Waals surface area (Å²) in [6, 6.07) is 0.252. The van der Waals surface area contributed by atoms with E-state index in [4.69, 9.17) is 0 Å². The molecule has 0 fully saturated rings. The van der Waals surface area contributed by atoms with Crippen LogP contribution in [0.3, 0.4) is 0 Å². The standard InChI is InChI=1S/C7H10N4/c1-11-7(9-5-10-11)6-3-2-4-8-6/h2-3,5-6,8H,4H2,1H3. The van der Waals surface area contributed by atoms with Crippen LogP contribution in [-0.4, -0.2) is 21.3 Å². The van der Waals surface area contributed by atoms with Crippen molar-refractivity contribution in [2.24, 2.45) is 7.05 Å². The van der Waals surface area contributed by atoms with Crippen LogP contribution in [0.5, 0.6) is 0 Å². The summed E-state index contributed by atoms with van der Waals surface area (Å²) < 4.78 is 1.79. The lowest BCUT2D eigenvalue weighted by atomic mass is 10.3. The van der Waals surface area contributed by atoms with Gasteiger partial charge < -0.3 is 5.32 Å². The Morgan fingerprint density at radius 3 is 3.18 bits per heavy atom. The second kappa shape index (κ2) is 2.47. The zero-order valence-electron chi connectivity index (χ0n) is 6.36. The van der Waals surface area contributed by atoms with E-state index in [1.54, 1.807) is 11.0 Å². The summed E-state index contributed by atoms with van der Waals surface area (Å²) in [6.45, 7) is 0.928. The van der Waals surface area contributed by atoms with Crippen LogP contribution in [0.1, 0.15) is 11.9 Å². The molecule has 1 N–H and O–H groups in total. The molecule has 4 nitrogen and oxygen atoms in total. The fourth-order valence-corrected chi connectivity index (χ4v) is 1.23. The van der Waals surface area contributed by atoms with Gasteiger partial charge in [-0.1, -0.05) is 12.2 Å². The van der Waals surface area contributed by atoms with Gasteiger partial charge in [-0.2, -0.15) is 5.10 Å². The van der Waals surface area contributed by atoms with Crippen LogP contribution in [-0.2, 0) is 7.05 Å². The van der Waals surface area contributed by atoms with Crippen LogP contribution < -0.4 is 5.32 Å². The molecule has 1 aliphatic heterocycles. The molecule has 1 atom stereocenters. The van der Waals surface area contributed by atoms with Gasteiger partial charge in [0.2, 0.25) is 0 Å². The minimum atomic E-state index is 0.252. The van der Waals surface area contributed by atoms with Crippen molar-refractivity contribution >= 4 is 0 Å². The van der Waals surface area contributed by atoms with E-state index in [9.17, 15) is 0 Å². The number of rotatable bonds is 1. The molecule has 2 rings (SSSR count). The van der Waals surface area contributed by atoms with Gasteiger partial charge in [-0.15, -0.1) is 0 Å². The van der Waals surface area contributed by atoms with Gasteiger partial charge in [0, 0.05) is 13.6 Å². The molecule has 0 spiro atoms. The monoisotopic (exact) mass is 150 g/mol. The van der Waals surface area contributed by atoms with Crippen molar-refractivity contribution in [3.63, 3.8) is 0 Å². The van der Waals surface area contributed by atoms with Gasteiger partial charge in [0.05, 0.1) is 6.04 Å². The molecule has 0 radical (unpaired) electrons. The smallest absolute Gasteiger partial charge is 0.147 e. The predicted molar refractivity (Wildman–Crippen MR) is 40.9 cm³/mol. The second-order valence-electron chi connectivity index (χ2n) is 2.56. The number of aromatic nitrogens is 3. The lowest BCUT2D eigenvalue weighted by Gasteiger charge is -2.06. The number of nitrogens with zero attached hydrogens (tertiary/aromatic N) is 3. The van der Waals surface area contributed by atoms with Crippen molar-refractivity contribution in [3.8, 4) is 0 Å². The Balaban J connectivity index is 2.28. The highest BCUT2D eigenvalue weighted by molar-refractivity contribution is 5.11. The van der Waals surface area contributed by atoms with Gasteiger partial charge in [-0.05, 0) is 0 Å². The number of hydrogen-bond donors (Lipinski definition) is 1. The molecule has 0 bridgehead atoms. The Morgan fingerprint density at radius 2 is 2.64 bits per heavy atom. The fourth-order valence-electron chi connectivity index (χ4n) is 1.23. The van der Waals surface area contributed by atoms with Crippen LogP contribution in [0.15, 0.2) is 18.5 Å². The number of aryl methyl sites for hydroxylation is 1. The van der Waals surface area contributed by atoms with E-state index in [-0.39, 0.29) is 6.04 Å². The summed E-state index contributed by atoms with van der Waals surface area (Å²) in [5, 5.41) is 7.26. The summed E-state index contributed by atoms with van der Waals surface area (Å²) in [5.41, 5.74) is 0. The topological polar surface area (TPSA) is 42.7 Å². The Hall–Kier alpha value is -1.16. The predicted octanol–water partition coefficient (Wildman–Crippen LogP) is 0.0156. The van der Waals surface area contributed by atoms with Crippen molar-refractivity contribution < 1.29 is 0 Å². The molecule has 1 unspecified atom stereocenters. The molecule has 0 amide bonds. The Kier molecular flexibility index (Phi) is 1.47. The van der Waals surface area contributed by atoms with Crippen LogP contribution in [0, 0.1) is 0 Å². The fraction of sp³-hybridized carbons (Fsp3) is 0.429. The maximum absolute atomic E-state index is 4.14. The molecule has 11 heavy (non-hydrogen) atoms. The number of hydrogen-bond acceptors (Lipinski definition) is 3. The Bertz CT molecular complexity index is 276. The summed E-state index contributed by atoms with van der Waals surface area (Å²) in [6.07, 6.45) is 5.77. The molecule has 58 valence electrons. The molecule has 1 aromatic rings. The van der Waals surface area contributed by atoms with Crippen LogP contribution >= 0.6 is 0 Å². The first kappa shape index (κ1) is 6.54. The molecule has 1 aromatic heterocycles. The molecular formula is C7H10N4. The molecule has 0 aromatic carbocycles. The lowest BCUT2D eigenvalue weighted by Crippen LogP contribution is -2.17. The third-order valence-corrected chi connectivity index (χ3v) is 1.81. The minimum absolute atomic E-state index is 0.252. The average molecular weight is 150 g/mol. The van der Waals surface area contributed by atoms with E-state index >= 15 is 0 Å². The van der Waals surface area contributed by atoms with Crippen molar-refractivity contribution in [2.45, 2.75) is 6.04 Å². The third kappa shape index (κ3) is 1.05. The van der Waals surface area contributed by atoms with Crippen molar-refractivity contribution in [2.75, 3.05) is 6.54 Å². The summed E-state index contributed by atoms with van der Waals surface area (Å²) in [5.74, 6) is 0.971. The zero-order chi connectivity index (χ0) is 7.68. The summed E-state index contributed by atoms with van der Waals surface area (Å²) >= 11 is 0. The SMILES string of the molecule is Cn1ncnc1C1C=CCN1. The Labute approximate surface area is 64.9 Å². The van der Waals surface area contributed by atoms with Gasteiger partial charge >= 0.3 is 0 Å². The second-order valence-corrected chi connectivity index (χ2v) is 2.56. The minimum Gasteiger partial charge on any atom is -0.301 e. The number of nitrogens with one attached hydrogen (secondary N) is 1. The van der Waals surface area contributed by atoms with E-state index < -0.39 is 0 Å². The molecule has 0 saturated carbocycles. The van der Waals surface area contributed by atoms with E-state index in [0.29, 0.717) is 0 Å². The largest absolute Gasteiger partial charge is 0.301 e. The van der Waals surface area contributed by atoms with Gasteiger partial charge in [-0.25, -0.2) is 4.98 Å². The molecule has 0 saturated heterocycles. The maximum atomic E-state index is 4.14. The van der Waals surface area contributed by atoms with Gasteiger partial charge in [0.25, 0.3) is 0 Å². The first-order valence-corrected chi connectivity index (χ1v) is 3.62. The summed E-state index contributed by atoms with van der Waals surface area (Å²) in [4.78, 5) is 4.14. The van der Waals surface area contributed by atoms with Gasteiger partial charge in [-0.3, -0.25) is 4.68 Å². The van der Waals surface area contributed by atoms with Crippen LogP contribution in [0.4, 0.5) is 0 Å². The van der Waals surface area contributed by atoms with E-state index in [2.05, 4.69) is 27.6 Å². The first-order chi connectivity index (χ1) is 5.38. The van der Waals surface area contributed by atoms with E-state index in [0.717, 1.165) is 12.4 Å². The van der Waals surface area contributed by atoms with E-state index in [1.807, 2.05) is 7.05 Å². The van der Waals surface area contributed by atoms with Crippen molar-refractivity contribution in [3.05, 3.63) is 24.3 Å². The third-order valence-electron chi connectivity index (χ3n) is 1.81.